The van der Waals surface area contributed by atoms with Gasteiger partial charge in [0.15, 0.2) is 0 Å². The van der Waals surface area contributed by atoms with E-state index in [0.717, 1.165) is 11.1 Å². The van der Waals surface area contributed by atoms with Crippen LogP contribution in [0.2, 0.25) is 0 Å². The third-order valence-electron chi connectivity index (χ3n) is 1.99. The quantitative estimate of drug-likeness (QED) is 0.749. The van der Waals surface area contributed by atoms with E-state index in [1.165, 1.54) is 0 Å². The summed E-state index contributed by atoms with van der Waals surface area (Å²) in [7, 11) is 1.52. The number of allylic oxidation sites excluding steroid dienone is 1. The number of aryl methyl sites for hydroxylation is 1. The Morgan fingerprint density at radius 2 is 2.00 bits per heavy atom. The van der Waals surface area contributed by atoms with Gasteiger partial charge in [-0.2, -0.15) is 0 Å². The molecule has 0 spiro atoms. The first-order valence-electron chi connectivity index (χ1n) is 4.08. The standard InChI is InChI=1S/C10H11ClO2S/c1-8-5-3-4-6-10(8)7-9(2)14(11,12)13/h3-6H,2,7H2,1H3. The molecule has 0 aromatic heterocycles. The normalized spacial score (nSPS) is 11.3. The predicted octanol–water partition coefficient (Wildman–Crippen LogP) is 2.62. The van der Waals surface area contributed by atoms with Gasteiger partial charge in [-0.15, -0.1) is 0 Å². The lowest BCUT2D eigenvalue weighted by atomic mass is 10.1. The molecule has 14 heavy (non-hydrogen) atoms. The van der Waals surface area contributed by atoms with Crippen molar-refractivity contribution in [2.75, 3.05) is 0 Å². The highest BCUT2D eigenvalue weighted by atomic mass is 35.7. The van der Waals surface area contributed by atoms with Crippen LogP contribution in [-0.4, -0.2) is 8.42 Å². The summed E-state index contributed by atoms with van der Waals surface area (Å²) in [5, 5.41) is 0. The number of halogens is 1. The summed E-state index contributed by atoms with van der Waals surface area (Å²) in [6, 6.07) is 7.54. The molecule has 76 valence electrons. The van der Waals surface area contributed by atoms with E-state index in [1.54, 1.807) is 0 Å². The van der Waals surface area contributed by atoms with Crippen molar-refractivity contribution < 1.29 is 8.42 Å². The van der Waals surface area contributed by atoms with Gasteiger partial charge < -0.3 is 0 Å². The fraction of sp³-hybridized carbons (Fsp3) is 0.200. The van der Waals surface area contributed by atoms with Crippen LogP contribution in [0, 0.1) is 6.92 Å². The Morgan fingerprint density at radius 1 is 1.43 bits per heavy atom. The zero-order valence-corrected chi connectivity index (χ0v) is 9.40. The van der Waals surface area contributed by atoms with Crippen molar-refractivity contribution in [3.05, 3.63) is 46.9 Å². The predicted molar refractivity (Wildman–Crippen MR) is 58.8 cm³/mol. The van der Waals surface area contributed by atoms with Gasteiger partial charge in [-0.05, 0) is 18.1 Å². The Hall–Kier alpha value is -0.800. The second-order valence-corrected chi connectivity index (χ2v) is 5.75. The number of benzene rings is 1. The van der Waals surface area contributed by atoms with E-state index >= 15 is 0 Å². The smallest absolute Gasteiger partial charge is 0.207 e. The molecule has 1 aromatic carbocycles. The second-order valence-electron chi connectivity index (χ2n) is 3.08. The van der Waals surface area contributed by atoms with E-state index in [2.05, 4.69) is 6.58 Å². The van der Waals surface area contributed by atoms with Gasteiger partial charge in [0.05, 0.1) is 4.91 Å². The van der Waals surface area contributed by atoms with E-state index < -0.39 is 9.05 Å². The Balaban J connectivity index is 2.91. The maximum Gasteiger partial charge on any atom is 0.257 e. The number of rotatable bonds is 3. The monoisotopic (exact) mass is 230 g/mol. The molecule has 2 nitrogen and oxygen atoms in total. The van der Waals surface area contributed by atoms with Crippen LogP contribution >= 0.6 is 10.7 Å². The van der Waals surface area contributed by atoms with Gasteiger partial charge in [0.1, 0.15) is 0 Å². The van der Waals surface area contributed by atoms with Crippen molar-refractivity contribution in [1.82, 2.24) is 0 Å². The van der Waals surface area contributed by atoms with Crippen molar-refractivity contribution in [3.8, 4) is 0 Å². The summed E-state index contributed by atoms with van der Waals surface area (Å²) in [5.41, 5.74) is 1.97. The van der Waals surface area contributed by atoms with Crippen LogP contribution in [0.15, 0.2) is 35.7 Å². The number of hydrogen-bond acceptors (Lipinski definition) is 2. The summed E-state index contributed by atoms with van der Waals surface area (Å²) in [6.07, 6.45) is 0.276. The van der Waals surface area contributed by atoms with Crippen LogP contribution < -0.4 is 0 Å². The summed E-state index contributed by atoms with van der Waals surface area (Å²) in [5.74, 6) is 0. The molecule has 1 aromatic rings. The molecule has 0 aliphatic carbocycles. The molecule has 0 fully saturated rings. The molecule has 0 radical (unpaired) electrons. The molecular formula is C10H11ClO2S. The van der Waals surface area contributed by atoms with Crippen LogP contribution in [0.3, 0.4) is 0 Å². The Labute approximate surface area is 88.6 Å². The van der Waals surface area contributed by atoms with Crippen LogP contribution in [0.4, 0.5) is 0 Å². The van der Waals surface area contributed by atoms with Crippen molar-refractivity contribution >= 4 is 19.7 Å². The summed E-state index contributed by atoms with van der Waals surface area (Å²) in [6.45, 7) is 5.36. The first-order valence-corrected chi connectivity index (χ1v) is 6.39. The lowest BCUT2D eigenvalue weighted by molar-refractivity contribution is 0.614. The van der Waals surface area contributed by atoms with Gasteiger partial charge in [-0.3, -0.25) is 0 Å². The first kappa shape index (κ1) is 11.3. The lowest BCUT2D eigenvalue weighted by Gasteiger charge is -2.05. The molecule has 0 bridgehead atoms. The number of hydrogen-bond donors (Lipinski definition) is 0. The van der Waals surface area contributed by atoms with Crippen molar-refractivity contribution in [1.29, 1.82) is 0 Å². The second kappa shape index (κ2) is 4.15. The van der Waals surface area contributed by atoms with Gasteiger partial charge >= 0.3 is 0 Å². The van der Waals surface area contributed by atoms with Crippen LogP contribution in [0.25, 0.3) is 0 Å². The largest absolute Gasteiger partial charge is 0.257 e. The maximum atomic E-state index is 10.9. The van der Waals surface area contributed by atoms with Crippen molar-refractivity contribution in [3.63, 3.8) is 0 Å². The third-order valence-corrected chi connectivity index (χ3v) is 3.48. The van der Waals surface area contributed by atoms with E-state index in [9.17, 15) is 8.42 Å². The van der Waals surface area contributed by atoms with Gasteiger partial charge in [0, 0.05) is 17.1 Å². The van der Waals surface area contributed by atoms with Crippen LogP contribution in [0.1, 0.15) is 11.1 Å². The zero-order chi connectivity index (χ0) is 10.8. The Kier molecular flexibility index (Phi) is 3.34. The molecule has 0 N–H and O–H groups in total. The average Bonchev–Trinajstić information content (AvgIpc) is 2.07. The minimum Gasteiger partial charge on any atom is -0.207 e. The highest BCUT2D eigenvalue weighted by Crippen LogP contribution is 2.17. The lowest BCUT2D eigenvalue weighted by Crippen LogP contribution is -1.99. The minimum absolute atomic E-state index is 0.0356. The highest BCUT2D eigenvalue weighted by molar-refractivity contribution is 8.16. The van der Waals surface area contributed by atoms with E-state index in [0.29, 0.717) is 0 Å². The average molecular weight is 231 g/mol. The van der Waals surface area contributed by atoms with Crippen molar-refractivity contribution in [2.24, 2.45) is 0 Å². The summed E-state index contributed by atoms with van der Waals surface area (Å²) in [4.78, 5) is 0.0356. The molecule has 1 rings (SSSR count). The van der Waals surface area contributed by atoms with Crippen molar-refractivity contribution in [2.45, 2.75) is 13.3 Å². The first-order chi connectivity index (χ1) is 6.41. The fourth-order valence-corrected chi connectivity index (χ4v) is 1.60. The third kappa shape index (κ3) is 2.86. The van der Waals surface area contributed by atoms with Crippen LogP contribution in [0.5, 0.6) is 0 Å². The molecule has 0 aliphatic heterocycles. The molecule has 0 saturated carbocycles. The molecule has 0 saturated heterocycles. The zero-order valence-electron chi connectivity index (χ0n) is 7.83. The molecule has 0 heterocycles. The molecular weight excluding hydrogens is 220 g/mol. The Morgan fingerprint density at radius 3 is 2.50 bits per heavy atom. The SMILES string of the molecule is C=C(Cc1ccccc1C)S(=O)(=O)Cl. The Bertz CT molecular complexity index is 449. The van der Waals surface area contributed by atoms with Gasteiger partial charge in [-0.25, -0.2) is 8.42 Å². The van der Waals surface area contributed by atoms with Gasteiger partial charge in [0.25, 0.3) is 9.05 Å². The molecule has 0 aliphatic rings. The molecule has 4 heteroatoms. The van der Waals surface area contributed by atoms with Crippen LogP contribution in [-0.2, 0) is 15.5 Å². The molecule has 0 atom stereocenters. The van der Waals surface area contributed by atoms with E-state index in [4.69, 9.17) is 10.7 Å². The topological polar surface area (TPSA) is 34.1 Å². The van der Waals surface area contributed by atoms with E-state index in [-0.39, 0.29) is 11.3 Å². The summed E-state index contributed by atoms with van der Waals surface area (Å²) >= 11 is 0. The fourth-order valence-electron chi connectivity index (χ4n) is 1.11. The maximum absolute atomic E-state index is 10.9. The minimum atomic E-state index is -3.64. The molecule has 0 amide bonds. The molecule has 0 unspecified atom stereocenters. The van der Waals surface area contributed by atoms with E-state index in [1.807, 2.05) is 31.2 Å². The highest BCUT2D eigenvalue weighted by Gasteiger charge is 2.12. The van der Waals surface area contributed by atoms with Gasteiger partial charge in [-0.1, -0.05) is 30.8 Å². The van der Waals surface area contributed by atoms with Gasteiger partial charge in [0.2, 0.25) is 0 Å². The summed E-state index contributed by atoms with van der Waals surface area (Å²) < 4.78 is 21.8.